The third-order valence-electron chi connectivity index (χ3n) is 6.07. The number of halogens is 2. The van der Waals surface area contributed by atoms with E-state index in [9.17, 15) is 14.4 Å². The van der Waals surface area contributed by atoms with Crippen LogP contribution in [0.4, 0.5) is 11.4 Å². The Labute approximate surface area is 259 Å². The molecule has 3 amide bonds. The van der Waals surface area contributed by atoms with Crippen LogP contribution < -0.4 is 16.0 Å². The first-order valence-electron chi connectivity index (χ1n) is 13.1. The summed E-state index contributed by atoms with van der Waals surface area (Å²) >= 11 is 13.8. The molecule has 0 radical (unpaired) electrons. The number of aryl methyl sites for hydroxylation is 2. The minimum Gasteiger partial charge on any atom is -0.325 e. The summed E-state index contributed by atoms with van der Waals surface area (Å²) in [6, 6.07) is 26.5. The molecule has 4 aromatic carbocycles. The van der Waals surface area contributed by atoms with Crippen LogP contribution in [0.25, 0.3) is 6.08 Å². The van der Waals surface area contributed by atoms with Gasteiger partial charge in [0.15, 0.2) is 0 Å². The molecule has 3 N–H and O–H groups in total. The van der Waals surface area contributed by atoms with Gasteiger partial charge in [-0.1, -0.05) is 53.5 Å². The molecule has 0 saturated heterocycles. The van der Waals surface area contributed by atoms with Crippen molar-refractivity contribution in [3.05, 3.63) is 129 Å². The zero-order valence-electron chi connectivity index (χ0n) is 23.2. The van der Waals surface area contributed by atoms with E-state index in [1.54, 1.807) is 60.7 Å². The first-order chi connectivity index (χ1) is 20.1. The summed E-state index contributed by atoms with van der Waals surface area (Å²) in [6.07, 6.45) is 1.50. The Balaban J connectivity index is 1.45. The smallest absolute Gasteiger partial charge is 0.272 e. The number of hydrogen-bond acceptors (Lipinski definition) is 4. The van der Waals surface area contributed by atoms with Gasteiger partial charge in [0.05, 0.1) is 5.25 Å². The van der Waals surface area contributed by atoms with E-state index in [1.807, 2.05) is 45.0 Å². The molecule has 0 saturated carbocycles. The van der Waals surface area contributed by atoms with Crippen LogP contribution in [0.1, 0.15) is 34.0 Å². The van der Waals surface area contributed by atoms with Crippen molar-refractivity contribution in [2.24, 2.45) is 0 Å². The Kier molecular flexibility index (Phi) is 10.5. The maximum absolute atomic E-state index is 13.3. The number of carbonyl (C=O) groups is 3. The van der Waals surface area contributed by atoms with Gasteiger partial charge < -0.3 is 16.0 Å². The van der Waals surface area contributed by atoms with Crippen molar-refractivity contribution >= 4 is 70.1 Å². The van der Waals surface area contributed by atoms with Crippen LogP contribution in [0.5, 0.6) is 0 Å². The van der Waals surface area contributed by atoms with E-state index in [2.05, 4.69) is 22.0 Å². The molecule has 0 bridgehead atoms. The van der Waals surface area contributed by atoms with Gasteiger partial charge in [-0.05, 0) is 104 Å². The van der Waals surface area contributed by atoms with E-state index >= 15 is 0 Å². The summed E-state index contributed by atoms with van der Waals surface area (Å²) in [5, 5.41) is 8.91. The van der Waals surface area contributed by atoms with Crippen LogP contribution in [0.2, 0.25) is 10.0 Å². The number of nitrogens with one attached hydrogen (secondary N) is 3. The van der Waals surface area contributed by atoms with E-state index in [0.29, 0.717) is 26.9 Å². The Morgan fingerprint density at radius 2 is 1.45 bits per heavy atom. The number of anilines is 2. The molecular formula is C33H29Cl2N3O3S. The molecule has 1 unspecified atom stereocenters. The second-order valence-corrected chi connectivity index (χ2v) is 11.9. The Morgan fingerprint density at radius 3 is 2.10 bits per heavy atom. The van der Waals surface area contributed by atoms with E-state index in [1.165, 1.54) is 17.8 Å². The SMILES string of the molecule is Cc1cc(C)cc(NC(=O)C(C)Sc2ccc(NC(=O)/C(=C/c3ccc(Cl)cc3Cl)NC(=O)c3ccccc3)cc2)c1. The average Bonchev–Trinajstić information content (AvgIpc) is 2.94. The van der Waals surface area contributed by atoms with Crippen molar-refractivity contribution < 1.29 is 14.4 Å². The van der Waals surface area contributed by atoms with Crippen molar-refractivity contribution in [3.63, 3.8) is 0 Å². The highest BCUT2D eigenvalue weighted by molar-refractivity contribution is 8.00. The number of thioether (sulfide) groups is 1. The summed E-state index contributed by atoms with van der Waals surface area (Å²) in [5.41, 5.74) is 4.36. The Morgan fingerprint density at radius 1 is 0.786 bits per heavy atom. The highest BCUT2D eigenvalue weighted by Gasteiger charge is 2.17. The molecule has 0 aliphatic carbocycles. The lowest BCUT2D eigenvalue weighted by Gasteiger charge is -2.14. The molecule has 4 aromatic rings. The topological polar surface area (TPSA) is 87.3 Å². The normalized spacial score (nSPS) is 11.9. The monoisotopic (exact) mass is 617 g/mol. The average molecular weight is 619 g/mol. The first-order valence-corrected chi connectivity index (χ1v) is 14.7. The molecule has 0 aliphatic rings. The van der Waals surface area contributed by atoms with Crippen molar-refractivity contribution in [2.45, 2.75) is 30.9 Å². The fourth-order valence-corrected chi connectivity index (χ4v) is 5.41. The fourth-order valence-electron chi connectivity index (χ4n) is 4.08. The summed E-state index contributed by atoms with van der Waals surface area (Å²) in [7, 11) is 0. The van der Waals surface area contributed by atoms with E-state index in [4.69, 9.17) is 23.2 Å². The maximum Gasteiger partial charge on any atom is 0.272 e. The third kappa shape index (κ3) is 8.73. The fraction of sp³-hybridized carbons (Fsp3) is 0.121. The molecule has 0 fully saturated rings. The Hall–Kier alpha value is -4.04. The maximum atomic E-state index is 13.3. The van der Waals surface area contributed by atoms with Gasteiger partial charge >= 0.3 is 0 Å². The third-order valence-corrected chi connectivity index (χ3v) is 7.75. The number of amides is 3. The van der Waals surface area contributed by atoms with Crippen LogP contribution in [0.15, 0.2) is 102 Å². The lowest BCUT2D eigenvalue weighted by atomic mass is 10.1. The number of hydrogen-bond donors (Lipinski definition) is 3. The van der Waals surface area contributed by atoms with Crippen molar-refractivity contribution in [3.8, 4) is 0 Å². The number of rotatable bonds is 9. The van der Waals surface area contributed by atoms with Crippen molar-refractivity contribution in [2.75, 3.05) is 10.6 Å². The largest absolute Gasteiger partial charge is 0.325 e. The molecule has 6 nitrogen and oxygen atoms in total. The zero-order chi connectivity index (χ0) is 30.2. The zero-order valence-corrected chi connectivity index (χ0v) is 25.5. The molecule has 1 atom stereocenters. The van der Waals surface area contributed by atoms with Gasteiger partial charge in [-0.3, -0.25) is 14.4 Å². The van der Waals surface area contributed by atoms with Crippen LogP contribution in [-0.4, -0.2) is 23.0 Å². The lowest BCUT2D eigenvalue weighted by molar-refractivity contribution is -0.115. The van der Waals surface area contributed by atoms with Crippen LogP contribution >= 0.6 is 35.0 Å². The highest BCUT2D eigenvalue weighted by Crippen LogP contribution is 2.27. The van der Waals surface area contributed by atoms with Crippen molar-refractivity contribution in [1.29, 1.82) is 0 Å². The molecule has 0 heterocycles. The van der Waals surface area contributed by atoms with Crippen LogP contribution in [-0.2, 0) is 9.59 Å². The van der Waals surface area contributed by atoms with E-state index < -0.39 is 11.8 Å². The van der Waals surface area contributed by atoms with Gasteiger partial charge in [0, 0.05) is 31.9 Å². The van der Waals surface area contributed by atoms with E-state index in [0.717, 1.165) is 21.7 Å². The Bertz CT molecular complexity index is 1620. The molecule has 0 aliphatic heterocycles. The van der Waals surface area contributed by atoms with Gasteiger partial charge in [0.2, 0.25) is 5.91 Å². The van der Waals surface area contributed by atoms with Gasteiger partial charge in [0.25, 0.3) is 11.8 Å². The molecule has 0 spiro atoms. The quantitative estimate of drug-likeness (QED) is 0.131. The summed E-state index contributed by atoms with van der Waals surface area (Å²) < 4.78 is 0. The molecule has 214 valence electrons. The summed E-state index contributed by atoms with van der Waals surface area (Å²) in [5.74, 6) is -1.08. The predicted molar refractivity (Wildman–Crippen MR) is 173 cm³/mol. The van der Waals surface area contributed by atoms with E-state index in [-0.39, 0.29) is 16.9 Å². The van der Waals surface area contributed by atoms with Gasteiger partial charge in [-0.25, -0.2) is 0 Å². The minimum absolute atomic E-state index is 0.00297. The number of benzene rings is 4. The minimum atomic E-state index is -0.535. The molecular weight excluding hydrogens is 589 g/mol. The molecule has 4 rings (SSSR count). The van der Waals surface area contributed by atoms with Crippen LogP contribution in [0.3, 0.4) is 0 Å². The van der Waals surface area contributed by atoms with Gasteiger partial charge in [-0.15, -0.1) is 11.8 Å². The molecule has 9 heteroatoms. The second-order valence-electron chi connectivity index (χ2n) is 9.65. The predicted octanol–water partition coefficient (Wildman–Crippen LogP) is 8.14. The van der Waals surface area contributed by atoms with Crippen molar-refractivity contribution in [1.82, 2.24) is 5.32 Å². The van der Waals surface area contributed by atoms with Crippen LogP contribution in [0, 0.1) is 13.8 Å². The number of carbonyl (C=O) groups excluding carboxylic acids is 3. The first kappa shape index (κ1) is 30.9. The molecule has 0 aromatic heterocycles. The summed E-state index contributed by atoms with van der Waals surface area (Å²) in [4.78, 5) is 39.8. The lowest BCUT2D eigenvalue weighted by Crippen LogP contribution is -2.30. The standard InChI is InChI=1S/C33H29Cl2N3O3S/c1-20-15-21(2)17-27(16-20)37-31(39)22(3)42-28-13-11-26(12-14-28)36-33(41)30(18-24-9-10-25(34)19-29(24)35)38-32(40)23-7-5-4-6-8-23/h4-19,22H,1-3H3,(H,36,41)(H,37,39)(H,38,40)/b30-18-. The van der Waals surface area contributed by atoms with Gasteiger partial charge in [-0.2, -0.15) is 0 Å². The second kappa shape index (κ2) is 14.2. The van der Waals surface area contributed by atoms with Gasteiger partial charge in [0.1, 0.15) is 5.70 Å². The highest BCUT2D eigenvalue weighted by atomic mass is 35.5. The summed E-state index contributed by atoms with van der Waals surface area (Å²) in [6.45, 7) is 5.82. The molecule has 42 heavy (non-hydrogen) atoms.